The number of aliphatic carboxylic acids is 1. The third kappa shape index (κ3) is 7.16. The Morgan fingerprint density at radius 2 is 1.35 bits per heavy atom. The molecule has 0 atom stereocenters. The highest BCUT2D eigenvalue weighted by Crippen LogP contribution is 2.33. The Balaban J connectivity index is 4.01. The number of ether oxygens (including phenoxy) is 1. The lowest BCUT2D eigenvalue weighted by atomic mass is 9.78. The molecule has 7 heteroatoms. The summed E-state index contributed by atoms with van der Waals surface area (Å²) in [6.07, 6.45) is 6.88. The number of carboxylic acid groups (broad SMARTS) is 1. The number of carbonyl (C=O) groups is 1. The van der Waals surface area contributed by atoms with E-state index in [2.05, 4.69) is 0 Å². The molecule has 0 spiro atoms. The first-order valence-electron chi connectivity index (χ1n) is 9.98. The minimum atomic E-state index is -3.55. The Bertz CT molecular complexity index is 496. The Morgan fingerprint density at radius 3 is 1.69 bits per heavy atom. The molecule has 0 amide bonds. The van der Waals surface area contributed by atoms with E-state index in [1.54, 1.807) is 0 Å². The molecule has 0 saturated heterocycles. The Labute approximate surface area is 159 Å². The quantitative estimate of drug-likeness (QED) is 0.384. The monoisotopic (exact) mass is 393 g/mol. The van der Waals surface area contributed by atoms with Crippen LogP contribution >= 0.6 is 0 Å². The van der Waals surface area contributed by atoms with Crippen LogP contribution in [0.4, 0.5) is 0 Å². The van der Waals surface area contributed by atoms with Crippen molar-refractivity contribution in [2.45, 2.75) is 96.7 Å². The van der Waals surface area contributed by atoms with Crippen molar-refractivity contribution in [2.24, 2.45) is 10.6 Å². The molecular formula is C19H39NO5S. The van der Waals surface area contributed by atoms with Gasteiger partial charge in [-0.1, -0.05) is 34.1 Å². The third-order valence-electron chi connectivity index (χ3n) is 6.06. The van der Waals surface area contributed by atoms with Crippen molar-refractivity contribution in [2.75, 3.05) is 13.2 Å². The van der Waals surface area contributed by atoms with Gasteiger partial charge in [-0.15, -0.1) is 0 Å². The van der Waals surface area contributed by atoms with E-state index in [9.17, 15) is 18.3 Å². The van der Waals surface area contributed by atoms with Crippen molar-refractivity contribution in [1.29, 1.82) is 0 Å². The van der Waals surface area contributed by atoms with Gasteiger partial charge in [0.25, 0.3) is 0 Å². The second kappa shape index (κ2) is 11.9. The van der Waals surface area contributed by atoms with Crippen molar-refractivity contribution in [3.8, 4) is 0 Å². The minimum Gasteiger partial charge on any atom is -0.481 e. The molecule has 156 valence electrons. The predicted octanol–water partition coefficient (Wildman–Crippen LogP) is 4.08. The van der Waals surface area contributed by atoms with E-state index in [4.69, 9.17) is 9.88 Å². The Morgan fingerprint density at radius 1 is 0.885 bits per heavy atom. The molecule has 0 aliphatic carbocycles. The summed E-state index contributed by atoms with van der Waals surface area (Å²) >= 11 is 0. The molecule has 0 aromatic heterocycles. The fourth-order valence-electron chi connectivity index (χ4n) is 3.58. The number of hydrogen-bond donors (Lipinski definition) is 2. The van der Waals surface area contributed by atoms with Gasteiger partial charge in [-0.2, -0.15) is 0 Å². The van der Waals surface area contributed by atoms with Gasteiger partial charge >= 0.3 is 5.97 Å². The summed E-state index contributed by atoms with van der Waals surface area (Å²) in [5.41, 5.74) is -0.600. The minimum absolute atomic E-state index is 0.531. The van der Waals surface area contributed by atoms with Crippen LogP contribution in [0.5, 0.6) is 0 Å². The van der Waals surface area contributed by atoms with E-state index in [1.807, 2.05) is 27.7 Å². The summed E-state index contributed by atoms with van der Waals surface area (Å²) in [4.78, 5) is 11.4. The normalized spacial score (nSPS) is 13.1. The molecule has 0 rings (SSSR count). The van der Waals surface area contributed by atoms with Crippen LogP contribution in [0.3, 0.4) is 0 Å². The molecule has 26 heavy (non-hydrogen) atoms. The van der Waals surface area contributed by atoms with Crippen LogP contribution in [0, 0.1) is 5.41 Å². The first kappa shape index (κ1) is 25.3. The third-order valence-corrected chi connectivity index (χ3v) is 8.05. The van der Waals surface area contributed by atoms with E-state index < -0.39 is 26.2 Å². The lowest BCUT2D eigenvalue weighted by Gasteiger charge is -2.29. The highest BCUT2D eigenvalue weighted by atomic mass is 32.2. The van der Waals surface area contributed by atoms with Crippen LogP contribution in [-0.4, -0.2) is 37.5 Å². The van der Waals surface area contributed by atoms with E-state index >= 15 is 0 Å². The zero-order valence-electron chi connectivity index (χ0n) is 17.1. The number of sulfonamides is 1. The highest BCUT2D eigenvalue weighted by molar-refractivity contribution is 7.90. The maximum atomic E-state index is 11.8. The number of rotatable bonds is 16. The Kier molecular flexibility index (Phi) is 11.6. The molecule has 0 bridgehead atoms. The molecule has 0 aliphatic heterocycles. The summed E-state index contributed by atoms with van der Waals surface area (Å²) in [6.45, 7) is 8.82. The lowest BCUT2D eigenvalue weighted by molar-refractivity contribution is -0.150. The van der Waals surface area contributed by atoms with Crippen LogP contribution in [0.1, 0.15) is 91.9 Å². The van der Waals surface area contributed by atoms with Crippen LogP contribution < -0.4 is 5.14 Å². The van der Waals surface area contributed by atoms with Crippen molar-refractivity contribution in [1.82, 2.24) is 0 Å². The highest BCUT2D eigenvalue weighted by Gasteiger charge is 2.37. The fourth-order valence-corrected chi connectivity index (χ4v) is 4.82. The van der Waals surface area contributed by atoms with Crippen molar-refractivity contribution in [3.05, 3.63) is 0 Å². The summed E-state index contributed by atoms with van der Waals surface area (Å²) in [7, 11) is -3.55. The number of hydrogen-bond acceptors (Lipinski definition) is 4. The summed E-state index contributed by atoms with van der Waals surface area (Å²) in [6, 6.07) is 0. The van der Waals surface area contributed by atoms with Crippen molar-refractivity contribution >= 4 is 16.0 Å². The molecule has 0 aliphatic rings. The zero-order valence-corrected chi connectivity index (χ0v) is 17.9. The zero-order chi connectivity index (χ0) is 20.3. The van der Waals surface area contributed by atoms with Crippen molar-refractivity contribution in [3.63, 3.8) is 0 Å². The molecule has 0 heterocycles. The van der Waals surface area contributed by atoms with Gasteiger partial charge in [0, 0.05) is 13.2 Å². The van der Waals surface area contributed by atoms with Crippen LogP contribution in [0.15, 0.2) is 0 Å². The summed E-state index contributed by atoms with van der Waals surface area (Å²) in [5.74, 6) is -0.700. The number of carboxylic acids is 1. The maximum Gasteiger partial charge on any atom is 0.309 e. The number of primary sulfonamides is 1. The van der Waals surface area contributed by atoms with Gasteiger partial charge < -0.3 is 9.84 Å². The lowest BCUT2D eigenvalue weighted by Crippen LogP contribution is -2.42. The second-order valence-electron chi connectivity index (χ2n) is 7.25. The van der Waals surface area contributed by atoms with E-state index in [1.165, 1.54) is 0 Å². The van der Waals surface area contributed by atoms with Gasteiger partial charge in [0.05, 0.1) is 10.2 Å². The molecule has 0 unspecified atom stereocenters. The van der Waals surface area contributed by atoms with Gasteiger partial charge in [0.1, 0.15) is 0 Å². The number of unbranched alkanes of at least 4 members (excludes halogenated alkanes) is 2. The SMILES string of the molecule is CCC(CC)(CCCCOCCCCC(CC)(CC)S(N)(=O)=O)C(=O)O. The first-order chi connectivity index (χ1) is 12.1. The summed E-state index contributed by atoms with van der Waals surface area (Å²) in [5, 5.41) is 14.8. The van der Waals surface area contributed by atoms with Gasteiger partial charge in [0.15, 0.2) is 0 Å². The van der Waals surface area contributed by atoms with Gasteiger partial charge in [-0.3, -0.25) is 4.79 Å². The van der Waals surface area contributed by atoms with Crippen LogP contribution in [-0.2, 0) is 19.6 Å². The molecule has 0 saturated carbocycles. The second-order valence-corrected chi connectivity index (χ2v) is 9.21. The number of nitrogens with two attached hydrogens (primary N) is 1. The average Bonchev–Trinajstić information content (AvgIpc) is 2.59. The van der Waals surface area contributed by atoms with Crippen molar-refractivity contribution < 1.29 is 23.1 Å². The molecule has 6 nitrogen and oxygen atoms in total. The topological polar surface area (TPSA) is 107 Å². The molecule has 0 aromatic carbocycles. The smallest absolute Gasteiger partial charge is 0.309 e. The van der Waals surface area contributed by atoms with Gasteiger partial charge in [-0.05, 0) is 57.8 Å². The molecular weight excluding hydrogens is 354 g/mol. The van der Waals surface area contributed by atoms with E-state index in [-0.39, 0.29) is 0 Å². The molecule has 3 N–H and O–H groups in total. The van der Waals surface area contributed by atoms with Crippen LogP contribution in [0.2, 0.25) is 0 Å². The summed E-state index contributed by atoms with van der Waals surface area (Å²) < 4.78 is 28.5. The largest absolute Gasteiger partial charge is 0.481 e. The molecule has 0 fully saturated rings. The predicted molar refractivity (Wildman–Crippen MR) is 106 cm³/mol. The van der Waals surface area contributed by atoms with E-state index in [0.717, 1.165) is 25.7 Å². The first-order valence-corrected chi connectivity index (χ1v) is 11.5. The standard InChI is InChI=1S/C19H39NO5S/c1-5-18(6-2,17(21)22)13-9-11-15-25-16-12-10-14-19(7-3,8-4)26(20,23)24/h5-16H2,1-4H3,(H,21,22)(H2,20,23,24). The molecule has 0 aromatic rings. The van der Waals surface area contributed by atoms with Gasteiger partial charge in [-0.25, -0.2) is 13.6 Å². The van der Waals surface area contributed by atoms with E-state index in [0.29, 0.717) is 51.7 Å². The maximum absolute atomic E-state index is 11.8. The average molecular weight is 394 g/mol. The van der Waals surface area contributed by atoms with Crippen LogP contribution in [0.25, 0.3) is 0 Å². The Hall–Kier alpha value is -0.660. The molecule has 0 radical (unpaired) electrons. The van der Waals surface area contributed by atoms with Gasteiger partial charge in [0.2, 0.25) is 10.0 Å². The fraction of sp³-hybridized carbons (Fsp3) is 0.947.